The molecular formula is C21H26N4O3. The van der Waals surface area contributed by atoms with Crippen LogP contribution in [0.25, 0.3) is 0 Å². The first-order chi connectivity index (χ1) is 13.5. The minimum Gasteiger partial charge on any atom is -0.494 e. The van der Waals surface area contributed by atoms with Gasteiger partial charge < -0.3 is 15.0 Å². The van der Waals surface area contributed by atoms with E-state index in [1.54, 1.807) is 30.5 Å². The Morgan fingerprint density at radius 2 is 1.75 bits per heavy atom. The first-order valence-corrected chi connectivity index (χ1v) is 9.10. The monoisotopic (exact) mass is 382 g/mol. The molecule has 7 heteroatoms. The van der Waals surface area contributed by atoms with E-state index in [1.165, 1.54) is 0 Å². The SMILES string of the molecule is CCCOc1ccc(C(=O)NCC(=O)NN=Cc2ccc(N(C)C)cc2)cc1. The van der Waals surface area contributed by atoms with E-state index < -0.39 is 5.91 Å². The van der Waals surface area contributed by atoms with Crippen LogP contribution in [-0.2, 0) is 4.79 Å². The molecule has 0 radical (unpaired) electrons. The average Bonchev–Trinajstić information content (AvgIpc) is 2.71. The topological polar surface area (TPSA) is 83.0 Å². The van der Waals surface area contributed by atoms with Crippen molar-refractivity contribution < 1.29 is 14.3 Å². The van der Waals surface area contributed by atoms with Gasteiger partial charge >= 0.3 is 0 Å². The fourth-order valence-electron chi connectivity index (χ4n) is 2.26. The first kappa shape index (κ1) is 21.0. The summed E-state index contributed by atoms with van der Waals surface area (Å²) in [7, 11) is 3.93. The Labute approximate surface area is 165 Å². The second-order valence-corrected chi connectivity index (χ2v) is 6.33. The molecular weight excluding hydrogens is 356 g/mol. The van der Waals surface area contributed by atoms with Crippen LogP contribution in [0, 0.1) is 0 Å². The van der Waals surface area contributed by atoms with Crippen molar-refractivity contribution in [1.82, 2.24) is 10.7 Å². The van der Waals surface area contributed by atoms with Crippen molar-refractivity contribution in [3.8, 4) is 5.75 Å². The second-order valence-electron chi connectivity index (χ2n) is 6.33. The average molecular weight is 382 g/mol. The third-order valence-corrected chi connectivity index (χ3v) is 3.81. The Bertz CT molecular complexity index is 799. The van der Waals surface area contributed by atoms with Crippen molar-refractivity contribution >= 4 is 23.7 Å². The number of carbonyl (C=O) groups excluding carboxylic acids is 2. The molecule has 2 N–H and O–H groups in total. The van der Waals surface area contributed by atoms with E-state index in [-0.39, 0.29) is 12.5 Å². The Balaban J connectivity index is 1.76. The maximum Gasteiger partial charge on any atom is 0.259 e. The summed E-state index contributed by atoms with van der Waals surface area (Å²) in [6.45, 7) is 2.49. The Morgan fingerprint density at radius 1 is 1.07 bits per heavy atom. The first-order valence-electron chi connectivity index (χ1n) is 9.10. The summed E-state index contributed by atoms with van der Waals surface area (Å²) in [5.41, 5.74) is 4.79. The van der Waals surface area contributed by atoms with Gasteiger partial charge in [0.05, 0.1) is 19.4 Å². The molecule has 0 saturated heterocycles. The number of carbonyl (C=O) groups is 2. The molecule has 0 fully saturated rings. The Hall–Kier alpha value is -3.35. The molecule has 0 saturated carbocycles. The maximum atomic E-state index is 12.1. The van der Waals surface area contributed by atoms with Gasteiger partial charge in [-0.3, -0.25) is 9.59 Å². The highest BCUT2D eigenvalue weighted by atomic mass is 16.5. The van der Waals surface area contributed by atoms with Gasteiger partial charge in [-0.05, 0) is 48.4 Å². The van der Waals surface area contributed by atoms with Gasteiger partial charge in [-0.2, -0.15) is 5.10 Å². The van der Waals surface area contributed by atoms with Crippen LogP contribution in [-0.4, -0.2) is 45.3 Å². The lowest BCUT2D eigenvalue weighted by atomic mass is 10.2. The summed E-state index contributed by atoms with van der Waals surface area (Å²) in [6.07, 6.45) is 2.47. The van der Waals surface area contributed by atoms with Gasteiger partial charge in [0.1, 0.15) is 5.75 Å². The largest absolute Gasteiger partial charge is 0.494 e. The molecule has 2 aromatic rings. The maximum absolute atomic E-state index is 12.1. The minimum atomic E-state index is -0.405. The number of nitrogens with zero attached hydrogens (tertiary/aromatic N) is 2. The zero-order valence-corrected chi connectivity index (χ0v) is 16.4. The fourth-order valence-corrected chi connectivity index (χ4v) is 2.26. The molecule has 148 valence electrons. The molecule has 0 aliphatic heterocycles. The predicted molar refractivity (Wildman–Crippen MR) is 111 cm³/mol. The molecule has 0 aliphatic rings. The van der Waals surface area contributed by atoms with E-state index in [0.29, 0.717) is 17.9 Å². The van der Waals surface area contributed by atoms with Crippen LogP contribution in [0.4, 0.5) is 5.69 Å². The van der Waals surface area contributed by atoms with Crippen LogP contribution in [0.1, 0.15) is 29.3 Å². The van der Waals surface area contributed by atoms with Crippen molar-refractivity contribution in [2.24, 2.45) is 5.10 Å². The van der Waals surface area contributed by atoms with E-state index in [9.17, 15) is 9.59 Å². The number of amides is 2. The van der Waals surface area contributed by atoms with Gasteiger partial charge in [0.25, 0.3) is 11.8 Å². The zero-order valence-electron chi connectivity index (χ0n) is 16.4. The minimum absolute atomic E-state index is 0.163. The molecule has 0 spiro atoms. The molecule has 28 heavy (non-hydrogen) atoms. The molecule has 2 amide bonds. The second kappa shape index (κ2) is 10.7. The normalized spacial score (nSPS) is 10.5. The van der Waals surface area contributed by atoms with Crippen LogP contribution in [0.5, 0.6) is 5.75 Å². The molecule has 2 rings (SSSR count). The van der Waals surface area contributed by atoms with Gasteiger partial charge in [0.15, 0.2) is 0 Å². The number of hydrogen-bond donors (Lipinski definition) is 2. The summed E-state index contributed by atoms with van der Waals surface area (Å²) < 4.78 is 5.47. The highest BCUT2D eigenvalue weighted by Gasteiger charge is 2.07. The zero-order chi connectivity index (χ0) is 20.4. The summed E-state index contributed by atoms with van der Waals surface area (Å²) in [5.74, 6) is -0.0260. The van der Waals surface area contributed by atoms with Gasteiger partial charge in [-0.1, -0.05) is 19.1 Å². The van der Waals surface area contributed by atoms with E-state index in [4.69, 9.17) is 4.74 Å². The van der Waals surface area contributed by atoms with Crippen LogP contribution in [0.2, 0.25) is 0 Å². The van der Waals surface area contributed by atoms with Gasteiger partial charge in [0, 0.05) is 25.3 Å². The van der Waals surface area contributed by atoms with E-state index in [2.05, 4.69) is 15.8 Å². The van der Waals surface area contributed by atoms with Crippen molar-refractivity contribution in [3.63, 3.8) is 0 Å². The number of hydrazone groups is 1. The standard InChI is InChI=1S/C21H26N4O3/c1-4-13-28-19-11-7-17(8-12-19)21(27)22-15-20(26)24-23-14-16-5-9-18(10-6-16)25(2)3/h5-12,14H,4,13,15H2,1-3H3,(H,22,27)(H,24,26). The molecule has 0 unspecified atom stereocenters. The molecule has 0 aromatic heterocycles. The quantitative estimate of drug-likeness (QED) is 0.515. The summed E-state index contributed by atoms with van der Waals surface area (Å²) in [4.78, 5) is 25.9. The summed E-state index contributed by atoms with van der Waals surface area (Å²) >= 11 is 0. The van der Waals surface area contributed by atoms with E-state index in [1.807, 2.05) is 50.2 Å². The van der Waals surface area contributed by atoms with E-state index in [0.717, 1.165) is 17.7 Å². The molecule has 2 aromatic carbocycles. The van der Waals surface area contributed by atoms with Crippen LogP contribution in [0.15, 0.2) is 53.6 Å². The molecule has 0 bridgehead atoms. The summed E-state index contributed by atoms with van der Waals surface area (Å²) in [5, 5.41) is 6.46. The van der Waals surface area contributed by atoms with Crippen LogP contribution >= 0.6 is 0 Å². The van der Waals surface area contributed by atoms with Crippen LogP contribution in [0.3, 0.4) is 0 Å². The molecule has 0 aliphatic carbocycles. The van der Waals surface area contributed by atoms with Crippen molar-refractivity contribution in [1.29, 1.82) is 0 Å². The number of nitrogens with one attached hydrogen (secondary N) is 2. The Kier molecular flexibility index (Phi) is 8.02. The number of ether oxygens (including phenoxy) is 1. The van der Waals surface area contributed by atoms with Crippen molar-refractivity contribution in [2.75, 3.05) is 32.1 Å². The van der Waals surface area contributed by atoms with Gasteiger partial charge in [-0.25, -0.2) is 5.43 Å². The highest BCUT2D eigenvalue weighted by molar-refractivity contribution is 5.96. The van der Waals surface area contributed by atoms with E-state index >= 15 is 0 Å². The highest BCUT2D eigenvalue weighted by Crippen LogP contribution is 2.12. The summed E-state index contributed by atoms with van der Waals surface area (Å²) in [6, 6.07) is 14.5. The lowest BCUT2D eigenvalue weighted by Crippen LogP contribution is -2.34. The molecule has 0 atom stereocenters. The third-order valence-electron chi connectivity index (χ3n) is 3.81. The predicted octanol–water partition coefficient (Wildman–Crippen LogP) is 2.42. The Morgan fingerprint density at radius 3 is 2.36 bits per heavy atom. The lowest BCUT2D eigenvalue weighted by molar-refractivity contribution is -0.120. The van der Waals surface area contributed by atoms with Crippen molar-refractivity contribution in [2.45, 2.75) is 13.3 Å². The number of benzene rings is 2. The van der Waals surface area contributed by atoms with Gasteiger partial charge in [-0.15, -0.1) is 0 Å². The number of anilines is 1. The third kappa shape index (κ3) is 6.75. The molecule has 7 nitrogen and oxygen atoms in total. The fraction of sp³-hybridized carbons (Fsp3) is 0.286. The van der Waals surface area contributed by atoms with Crippen molar-refractivity contribution in [3.05, 3.63) is 59.7 Å². The van der Waals surface area contributed by atoms with Crippen LogP contribution < -0.4 is 20.4 Å². The smallest absolute Gasteiger partial charge is 0.259 e. The van der Waals surface area contributed by atoms with Gasteiger partial charge in [0.2, 0.25) is 0 Å². The number of hydrogen-bond acceptors (Lipinski definition) is 5. The number of rotatable bonds is 9. The lowest BCUT2D eigenvalue weighted by Gasteiger charge is -2.11. The molecule has 0 heterocycles.